The Kier molecular flexibility index (Phi) is 13.5. The van der Waals surface area contributed by atoms with Crippen LogP contribution in [0, 0.1) is 11.8 Å². The van der Waals surface area contributed by atoms with Crippen LogP contribution in [-0.4, -0.2) is 58.7 Å². The van der Waals surface area contributed by atoms with E-state index in [0.717, 1.165) is 0 Å². The molecule has 12 nitrogen and oxygen atoms in total. The number of carbonyl (C=O) groups excluding carboxylic acids is 5. The van der Waals surface area contributed by atoms with Gasteiger partial charge in [0, 0.05) is 18.2 Å². The maximum Gasteiger partial charge on any atom is 0.308 e. The van der Waals surface area contributed by atoms with Crippen LogP contribution < -0.4 is 20.7 Å². The predicted molar refractivity (Wildman–Crippen MR) is 162 cm³/mol. The molecule has 0 saturated heterocycles. The highest BCUT2D eigenvalue weighted by atomic mass is 16.6. The summed E-state index contributed by atoms with van der Waals surface area (Å²) < 4.78 is 11.0. The van der Waals surface area contributed by atoms with Crippen molar-refractivity contribution in [3.63, 3.8) is 0 Å². The van der Waals surface area contributed by atoms with Gasteiger partial charge >= 0.3 is 11.9 Å². The molecule has 0 spiro atoms. The average Bonchev–Trinajstić information content (AvgIpc) is 2.92. The molecule has 3 atom stereocenters. The van der Waals surface area contributed by atoms with Crippen LogP contribution in [0.25, 0.3) is 0 Å². The van der Waals surface area contributed by atoms with E-state index >= 15 is 0 Å². The normalized spacial score (nSPS) is 13.1. The van der Waals surface area contributed by atoms with Gasteiger partial charge in [-0.15, -0.1) is 0 Å². The molecule has 0 aliphatic heterocycles. The van der Waals surface area contributed by atoms with E-state index in [1.165, 1.54) is 0 Å². The molecule has 0 saturated carbocycles. The van der Waals surface area contributed by atoms with E-state index in [1.54, 1.807) is 71.0 Å². The fourth-order valence-corrected chi connectivity index (χ4v) is 4.08. The van der Waals surface area contributed by atoms with Crippen LogP contribution in [0.2, 0.25) is 0 Å². The van der Waals surface area contributed by atoms with Gasteiger partial charge in [0.1, 0.15) is 35.3 Å². The first-order chi connectivity index (χ1) is 20.7. The number of hydrogen-bond acceptors (Lipinski definition) is 8. The Bertz CT molecular complexity index is 1310. The van der Waals surface area contributed by atoms with Gasteiger partial charge in [0.25, 0.3) is 0 Å². The second-order valence-electron chi connectivity index (χ2n) is 11.6. The molecule has 0 aromatic heterocycles. The summed E-state index contributed by atoms with van der Waals surface area (Å²) in [5, 5.41) is 16.8. The Morgan fingerprint density at radius 1 is 0.886 bits per heavy atom. The largest absolute Gasteiger partial charge is 0.481 e. The van der Waals surface area contributed by atoms with Crippen molar-refractivity contribution in [3.05, 3.63) is 54.6 Å². The molecular weight excluding hydrogens is 570 g/mol. The number of aldehydes is 1. The third-order valence-electron chi connectivity index (χ3n) is 6.00. The number of aliphatic carboxylic acids is 1. The first-order valence-electron chi connectivity index (χ1n) is 14.3. The van der Waals surface area contributed by atoms with E-state index in [9.17, 15) is 33.9 Å². The van der Waals surface area contributed by atoms with Gasteiger partial charge in [-0.3, -0.25) is 24.0 Å². The predicted octanol–water partition coefficient (Wildman–Crippen LogP) is 3.84. The minimum absolute atomic E-state index is 0.0574. The molecule has 0 radical (unpaired) electrons. The van der Waals surface area contributed by atoms with Gasteiger partial charge < -0.3 is 35.3 Å². The summed E-state index contributed by atoms with van der Waals surface area (Å²) >= 11 is 0. The first kappa shape index (κ1) is 35.5. The lowest BCUT2D eigenvalue weighted by Crippen LogP contribution is -2.51. The minimum Gasteiger partial charge on any atom is -0.481 e. The number of benzene rings is 2. The Labute approximate surface area is 256 Å². The number of carbonyl (C=O) groups is 6. The van der Waals surface area contributed by atoms with Crippen LogP contribution in [0.15, 0.2) is 54.6 Å². The van der Waals surface area contributed by atoms with E-state index in [4.69, 9.17) is 9.47 Å². The zero-order valence-electron chi connectivity index (χ0n) is 25.6. The molecule has 0 fully saturated rings. The number of anilines is 1. The van der Waals surface area contributed by atoms with Crippen LogP contribution in [-0.2, 0) is 33.5 Å². The van der Waals surface area contributed by atoms with Gasteiger partial charge in [-0.1, -0.05) is 38.1 Å². The summed E-state index contributed by atoms with van der Waals surface area (Å²) in [7, 11) is 0. The number of rotatable bonds is 16. The molecule has 3 amide bonds. The highest BCUT2D eigenvalue weighted by Gasteiger charge is 2.33. The zero-order valence-corrected chi connectivity index (χ0v) is 25.6. The lowest BCUT2D eigenvalue weighted by Gasteiger charge is -2.24. The number of esters is 1. The maximum atomic E-state index is 13.4. The van der Waals surface area contributed by atoms with Gasteiger partial charge in [-0.05, 0) is 63.8 Å². The van der Waals surface area contributed by atoms with Crippen LogP contribution in [0.3, 0.4) is 0 Å². The van der Waals surface area contributed by atoms with Gasteiger partial charge in [0.2, 0.25) is 17.7 Å². The molecule has 2 rings (SSSR count). The average molecular weight is 612 g/mol. The molecule has 238 valence electrons. The van der Waals surface area contributed by atoms with Crippen molar-refractivity contribution in [1.82, 2.24) is 10.6 Å². The van der Waals surface area contributed by atoms with Crippen molar-refractivity contribution in [1.29, 1.82) is 0 Å². The maximum absolute atomic E-state index is 13.4. The zero-order chi connectivity index (χ0) is 32.9. The van der Waals surface area contributed by atoms with E-state index in [0.29, 0.717) is 23.5 Å². The van der Waals surface area contributed by atoms with E-state index < -0.39 is 66.1 Å². The van der Waals surface area contributed by atoms with Crippen LogP contribution in [0.1, 0.15) is 60.3 Å². The van der Waals surface area contributed by atoms with Crippen molar-refractivity contribution >= 4 is 41.6 Å². The molecule has 0 heterocycles. The molecule has 2 aromatic rings. The standard InChI is InChI=1S/C32H41N3O9/c1-20(2)16-25(29(40)34-22(19-36)18-28(39)44-32(3,4)5)30(41)35-26(14-15-27(37)38)31(42)33-21-10-9-13-24(17-21)43-23-11-7-6-8-12-23/h6-13,17,19-20,22,25-26H,14-16,18H2,1-5H3,(H,33,42)(H,34,40)(H,35,41)(H,37,38). The summed E-state index contributed by atoms with van der Waals surface area (Å²) in [6, 6.07) is 13.0. The topological polar surface area (TPSA) is 177 Å². The Balaban J connectivity index is 2.18. The van der Waals surface area contributed by atoms with Gasteiger partial charge in [0.15, 0.2) is 0 Å². The second kappa shape index (κ2) is 16.8. The van der Waals surface area contributed by atoms with Crippen LogP contribution >= 0.6 is 0 Å². The molecular formula is C32H41N3O9. The Morgan fingerprint density at radius 3 is 2.11 bits per heavy atom. The fourth-order valence-electron chi connectivity index (χ4n) is 4.08. The number of nitrogens with one attached hydrogen (secondary N) is 3. The molecule has 12 heteroatoms. The minimum atomic E-state index is -1.33. The number of ether oxygens (including phenoxy) is 2. The number of hydrogen-bond donors (Lipinski definition) is 4. The first-order valence-corrected chi connectivity index (χ1v) is 14.3. The Morgan fingerprint density at radius 2 is 1.52 bits per heavy atom. The number of amides is 3. The number of para-hydroxylation sites is 1. The smallest absolute Gasteiger partial charge is 0.308 e. The van der Waals surface area contributed by atoms with E-state index in [1.807, 2.05) is 18.2 Å². The van der Waals surface area contributed by atoms with Crippen LogP contribution in [0.5, 0.6) is 11.5 Å². The number of carboxylic acid groups (broad SMARTS) is 1. The quantitative estimate of drug-likeness (QED) is 0.125. The summed E-state index contributed by atoms with van der Waals surface area (Å²) in [5.41, 5.74) is -0.457. The molecule has 3 unspecified atom stereocenters. The van der Waals surface area contributed by atoms with Crippen molar-refractivity contribution < 1.29 is 43.3 Å². The Hall–Kier alpha value is -4.74. The number of carboxylic acids is 1. The molecule has 0 aliphatic rings. The van der Waals surface area contributed by atoms with Crippen molar-refractivity contribution in [2.75, 3.05) is 5.32 Å². The summed E-state index contributed by atoms with van der Waals surface area (Å²) in [6.07, 6.45) is -0.676. The molecule has 0 bridgehead atoms. The third-order valence-corrected chi connectivity index (χ3v) is 6.00. The van der Waals surface area contributed by atoms with Gasteiger partial charge in [0.05, 0.1) is 12.5 Å². The molecule has 0 aliphatic carbocycles. The summed E-state index contributed by atoms with van der Waals surface area (Å²) in [6.45, 7) is 8.55. The molecule has 44 heavy (non-hydrogen) atoms. The van der Waals surface area contributed by atoms with E-state index in [2.05, 4.69) is 16.0 Å². The van der Waals surface area contributed by atoms with Crippen molar-refractivity contribution in [2.45, 2.75) is 78.0 Å². The fraction of sp³-hybridized carbons (Fsp3) is 0.438. The second-order valence-corrected chi connectivity index (χ2v) is 11.6. The van der Waals surface area contributed by atoms with E-state index in [-0.39, 0.29) is 18.8 Å². The SMILES string of the molecule is CC(C)CC(C(=O)NC(C=O)CC(=O)OC(C)(C)C)C(=O)NC(CCC(=O)O)C(=O)Nc1cccc(Oc2ccccc2)c1. The van der Waals surface area contributed by atoms with Crippen molar-refractivity contribution in [3.8, 4) is 11.5 Å². The van der Waals surface area contributed by atoms with Crippen LogP contribution in [0.4, 0.5) is 5.69 Å². The van der Waals surface area contributed by atoms with Gasteiger partial charge in [-0.2, -0.15) is 0 Å². The molecule has 2 aromatic carbocycles. The summed E-state index contributed by atoms with van der Waals surface area (Å²) in [4.78, 5) is 74.9. The highest BCUT2D eigenvalue weighted by molar-refractivity contribution is 6.04. The molecule has 4 N–H and O–H groups in total. The highest BCUT2D eigenvalue weighted by Crippen LogP contribution is 2.24. The lowest BCUT2D eigenvalue weighted by molar-refractivity contribution is -0.156. The monoisotopic (exact) mass is 611 g/mol. The third kappa shape index (κ3) is 13.1. The summed E-state index contributed by atoms with van der Waals surface area (Å²) in [5.74, 6) is -4.69. The lowest BCUT2D eigenvalue weighted by atomic mass is 9.94. The van der Waals surface area contributed by atoms with Gasteiger partial charge in [-0.25, -0.2) is 0 Å². The van der Waals surface area contributed by atoms with Crippen molar-refractivity contribution in [2.24, 2.45) is 11.8 Å².